The molecule has 1 aromatic rings. The van der Waals surface area contributed by atoms with Gasteiger partial charge in [0.1, 0.15) is 0 Å². The van der Waals surface area contributed by atoms with Crippen LogP contribution in [-0.4, -0.2) is 41.8 Å². The summed E-state index contributed by atoms with van der Waals surface area (Å²) < 4.78 is 0. The maximum Gasteiger partial charge on any atom is 0.317 e. The SMILES string of the molecule is CCCC(Cc1ccccc1)NC(=O)N(C)C1CCC(CO)CC1. The lowest BCUT2D eigenvalue weighted by Gasteiger charge is -2.35. The van der Waals surface area contributed by atoms with Crippen molar-refractivity contribution in [3.05, 3.63) is 35.9 Å². The van der Waals surface area contributed by atoms with Crippen molar-refractivity contribution in [1.82, 2.24) is 10.2 Å². The Morgan fingerprint density at radius 2 is 1.92 bits per heavy atom. The fourth-order valence-corrected chi connectivity index (χ4v) is 3.63. The molecule has 0 aliphatic heterocycles. The Bertz CT molecular complexity index is 484. The highest BCUT2D eigenvalue weighted by Gasteiger charge is 2.27. The number of nitrogens with zero attached hydrogens (tertiary/aromatic N) is 1. The molecule has 1 fully saturated rings. The van der Waals surface area contributed by atoms with Crippen molar-refractivity contribution in [3.63, 3.8) is 0 Å². The summed E-state index contributed by atoms with van der Waals surface area (Å²) in [7, 11) is 1.91. The zero-order valence-corrected chi connectivity index (χ0v) is 15.1. The van der Waals surface area contributed by atoms with Crippen LogP contribution in [0.5, 0.6) is 0 Å². The Kier molecular flexibility index (Phi) is 7.57. The lowest BCUT2D eigenvalue weighted by Crippen LogP contribution is -2.48. The molecule has 24 heavy (non-hydrogen) atoms. The third kappa shape index (κ3) is 5.52. The average Bonchev–Trinajstić information content (AvgIpc) is 2.62. The molecule has 0 heterocycles. The Labute approximate surface area is 146 Å². The zero-order valence-electron chi connectivity index (χ0n) is 15.1. The molecule has 4 heteroatoms. The first kappa shape index (κ1) is 18.8. The number of hydrogen-bond donors (Lipinski definition) is 2. The topological polar surface area (TPSA) is 52.6 Å². The Hall–Kier alpha value is -1.55. The highest BCUT2D eigenvalue weighted by Crippen LogP contribution is 2.26. The Balaban J connectivity index is 1.87. The van der Waals surface area contributed by atoms with Crippen molar-refractivity contribution in [3.8, 4) is 0 Å². The monoisotopic (exact) mass is 332 g/mol. The van der Waals surface area contributed by atoms with E-state index in [1.807, 2.05) is 30.1 Å². The van der Waals surface area contributed by atoms with E-state index in [1.165, 1.54) is 5.56 Å². The molecular weight excluding hydrogens is 300 g/mol. The van der Waals surface area contributed by atoms with E-state index in [4.69, 9.17) is 0 Å². The summed E-state index contributed by atoms with van der Waals surface area (Å²) in [5, 5.41) is 12.5. The number of nitrogens with one attached hydrogen (secondary N) is 1. The summed E-state index contributed by atoms with van der Waals surface area (Å²) in [6, 6.07) is 10.9. The highest BCUT2D eigenvalue weighted by molar-refractivity contribution is 5.74. The van der Waals surface area contributed by atoms with Crippen LogP contribution in [0.25, 0.3) is 0 Å². The van der Waals surface area contributed by atoms with E-state index in [2.05, 4.69) is 24.4 Å². The van der Waals surface area contributed by atoms with Crippen molar-refractivity contribution in [2.75, 3.05) is 13.7 Å². The molecule has 1 unspecified atom stereocenters. The van der Waals surface area contributed by atoms with Crippen LogP contribution in [0.15, 0.2) is 30.3 Å². The van der Waals surface area contributed by atoms with Gasteiger partial charge in [0.2, 0.25) is 0 Å². The molecule has 1 atom stereocenters. The van der Waals surface area contributed by atoms with Crippen LogP contribution in [-0.2, 0) is 6.42 Å². The largest absolute Gasteiger partial charge is 0.396 e. The molecule has 2 amide bonds. The highest BCUT2D eigenvalue weighted by atomic mass is 16.3. The van der Waals surface area contributed by atoms with Crippen LogP contribution in [0.4, 0.5) is 4.79 Å². The molecule has 0 radical (unpaired) electrons. The number of carbonyl (C=O) groups is 1. The first-order chi connectivity index (χ1) is 11.6. The van der Waals surface area contributed by atoms with Crippen LogP contribution in [0, 0.1) is 5.92 Å². The normalized spacial score (nSPS) is 22.0. The lowest BCUT2D eigenvalue weighted by atomic mass is 9.86. The Morgan fingerprint density at radius 3 is 2.50 bits per heavy atom. The van der Waals surface area contributed by atoms with Gasteiger partial charge in [-0.2, -0.15) is 0 Å². The minimum Gasteiger partial charge on any atom is -0.396 e. The number of amides is 2. The molecule has 0 spiro atoms. The van der Waals surface area contributed by atoms with Crippen LogP contribution in [0.3, 0.4) is 0 Å². The van der Waals surface area contributed by atoms with Gasteiger partial charge in [0.25, 0.3) is 0 Å². The van der Waals surface area contributed by atoms with E-state index in [0.717, 1.165) is 44.9 Å². The van der Waals surface area contributed by atoms with Crippen molar-refractivity contribution in [1.29, 1.82) is 0 Å². The third-order valence-electron chi connectivity index (χ3n) is 5.23. The van der Waals surface area contributed by atoms with E-state index in [0.29, 0.717) is 12.0 Å². The average molecular weight is 332 g/mol. The maximum atomic E-state index is 12.6. The molecule has 1 saturated carbocycles. The van der Waals surface area contributed by atoms with Gasteiger partial charge >= 0.3 is 6.03 Å². The van der Waals surface area contributed by atoms with Gasteiger partial charge in [0.15, 0.2) is 0 Å². The second-order valence-corrected chi connectivity index (χ2v) is 7.09. The minimum atomic E-state index is 0.0387. The van der Waals surface area contributed by atoms with Gasteiger partial charge in [-0.3, -0.25) is 0 Å². The predicted octanol–water partition coefficient (Wildman–Crippen LogP) is 3.59. The van der Waals surface area contributed by atoms with Gasteiger partial charge in [-0.05, 0) is 50.0 Å². The Morgan fingerprint density at radius 1 is 1.25 bits per heavy atom. The minimum absolute atomic E-state index is 0.0387. The summed E-state index contributed by atoms with van der Waals surface area (Å²) in [5.74, 6) is 0.420. The van der Waals surface area contributed by atoms with Crippen molar-refractivity contribution < 1.29 is 9.90 Å². The van der Waals surface area contributed by atoms with E-state index in [1.54, 1.807) is 0 Å². The molecule has 0 bridgehead atoms. The molecular formula is C20H32N2O2. The van der Waals surface area contributed by atoms with Gasteiger partial charge in [0, 0.05) is 25.7 Å². The van der Waals surface area contributed by atoms with Gasteiger partial charge in [-0.15, -0.1) is 0 Å². The molecule has 1 aliphatic rings. The quantitative estimate of drug-likeness (QED) is 0.802. The molecule has 2 rings (SSSR count). The summed E-state index contributed by atoms with van der Waals surface area (Å²) in [5.41, 5.74) is 1.27. The van der Waals surface area contributed by atoms with Crippen LogP contribution in [0.1, 0.15) is 51.0 Å². The summed E-state index contributed by atoms with van der Waals surface area (Å²) in [6.45, 7) is 2.43. The number of aliphatic hydroxyl groups is 1. The first-order valence-corrected chi connectivity index (χ1v) is 9.32. The number of carbonyl (C=O) groups excluding carboxylic acids is 1. The van der Waals surface area contributed by atoms with E-state index >= 15 is 0 Å². The molecule has 1 aromatic carbocycles. The van der Waals surface area contributed by atoms with E-state index in [9.17, 15) is 9.90 Å². The molecule has 134 valence electrons. The fraction of sp³-hybridized carbons (Fsp3) is 0.650. The molecule has 4 nitrogen and oxygen atoms in total. The maximum absolute atomic E-state index is 12.6. The molecule has 2 N–H and O–H groups in total. The smallest absolute Gasteiger partial charge is 0.317 e. The zero-order chi connectivity index (χ0) is 17.4. The second kappa shape index (κ2) is 9.67. The first-order valence-electron chi connectivity index (χ1n) is 9.32. The van der Waals surface area contributed by atoms with Crippen molar-refractivity contribution in [2.24, 2.45) is 5.92 Å². The second-order valence-electron chi connectivity index (χ2n) is 7.09. The summed E-state index contributed by atoms with van der Waals surface area (Å²) >= 11 is 0. The number of hydrogen-bond acceptors (Lipinski definition) is 2. The number of benzene rings is 1. The van der Waals surface area contributed by atoms with Gasteiger partial charge in [-0.1, -0.05) is 43.7 Å². The fourth-order valence-electron chi connectivity index (χ4n) is 3.63. The predicted molar refractivity (Wildman–Crippen MR) is 98.0 cm³/mol. The number of urea groups is 1. The van der Waals surface area contributed by atoms with Crippen LogP contribution < -0.4 is 5.32 Å². The van der Waals surface area contributed by atoms with Crippen LogP contribution in [0.2, 0.25) is 0 Å². The number of aliphatic hydroxyl groups excluding tert-OH is 1. The van der Waals surface area contributed by atoms with Gasteiger partial charge in [0.05, 0.1) is 0 Å². The van der Waals surface area contributed by atoms with Gasteiger partial charge in [-0.25, -0.2) is 4.79 Å². The summed E-state index contributed by atoms with van der Waals surface area (Å²) in [4.78, 5) is 14.5. The standard InChI is InChI=1S/C20H32N2O2/c1-3-7-18(14-16-8-5-4-6-9-16)21-20(24)22(2)19-12-10-17(15-23)11-13-19/h4-6,8-9,17-19,23H,3,7,10-15H2,1-2H3,(H,21,24). The van der Waals surface area contributed by atoms with Crippen LogP contribution >= 0.6 is 0 Å². The third-order valence-corrected chi connectivity index (χ3v) is 5.23. The molecule has 0 aromatic heterocycles. The molecule has 0 saturated heterocycles. The van der Waals surface area contributed by atoms with E-state index in [-0.39, 0.29) is 18.7 Å². The number of rotatable bonds is 7. The van der Waals surface area contributed by atoms with Gasteiger partial charge < -0.3 is 15.3 Å². The molecule has 1 aliphatic carbocycles. The van der Waals surface area contributed by atoms with Crippen molar-refractivity contribution in [2.45, 2.75) is 64.0 Å². The van der Waals surface area contributed by atoms with E-state index < -0.39 is 0 Å². The van der Waals surface area contributed by atoms with Crippen molar-refractivity contribution >= 4 is 6.03 Å². The lowest BCUT2D eigenvalue weighted by molar-refractivity contribution is 0.132. The summed E-state index contributed by atoms with van der Waals surface area (Å²) in [6.07, 6.45) is 6.95.